The highest BCUT2D eigenvalue weighted by Gasteiger charge is 2.20. The monoisotopic (exact) mass is 296 g/mol. The van der Waals surface area contributed by atoms with Gasteiger partial charge in [0.1, 0.15) is 0 Å². The molecule has 1 unspecified atom stereocenters. The molecule has 1 heterocycles. The molecule has 1 aromatic carbocycles. The number of benzene rings is 1. The van der Waals surface area contributed by atoms with Gasteiger partial charge in [-0.2, -0.15) is 0 Å². The van der Waals surface area contributed by atoms with Crippen molar-refractivity contribution in [3.63, 3.8) is 0 Å². The standard InChI is InChI=1S/C18H20N2O2/c1-20-10-9-14(11-17(20)21)18(22)19-12-15-7-4-6-13-5-2-3-8-16(13)15/h2-3,5,8-11,15H,4,6-7,12H2,1H3,(H,19,22). The third-order valence-corrected chi connectivity index (χ3v) is 4.37. The highest BCUT2D eigenvalue weighted by molar-refractivity contribution is 5.94. The Labute approximate surface area is 129 Å². The molecule has 0 saturated heterocycles. The molecule has 4 heteroatoms. The number of carbonyl (C=O) groups is 1. The topological polar surface area (TPSA) is 51.1 Å². The Morgan fingerprint density at radius 3 is 2.95 bits per heavy atom. The summed E-state index contributed by atoms with van der Waals surface area (Å²) >= 11 is 0. The predicted molar refractivity (Wildman–Crippen MR) is 86.1 cm³/mol. The normalized spacial score (nSPS) is 16.9. The smallest absolute Gasteiger partial charge is 0.251 e. The Kier molecular flexibility index (Phi) is 4.09. The molecule has 1 amide bonds. The molecule has 0 bridgehead atoms. The van der Waals surface area contributed by atoms with E-state index in [0.717, 1.165) is 19.3 Å². The van der Waals surface area contributed by atoms with Crippen molar-refractivity contribution in [2.24, 2.45) is 7.05 Å². The number of rotatable bonds is 3. The fourth-order valence-electron chi connectivity index (χ4n) is 3.07. The number of hydrogen-bond donors (Lipinski definition) is 1. The summed E-state index contributed by atoms with van der Waals surface area (Å²) < 4.78 is 1.45. The zero-order valence-electron chi connectivity index (χ0n) is 12.7. The van der Waals surface area contributed by atoms with E-state index in [1.165, 1.54) is 21.8 Å². The number of hydrogen-bond acceptors (Lipinski definition) is 2. The van der Waals surface area contributed by atoms with Crippen LogP contribution in [0.1, 0.15) is 40.2 Å². The molecule has 0 spiro atoms. The second-order valence-corrected chi connectivity index (χ2v) is 5.86. The van der Waals surface area contributed by atoms with E-state index >= 15 is 0 Å². The lowest BCUT2D eigenvalue weighted by molar-refractivity contribution is 0.0950. The number of carbonyl (C=O) groups excluding carboxylic acids is 1. The fourth-order valence-corrected chi connectivity index (χ4v) is 3.07. The molecule has 3 rings (SSSR count). The van der Waals surface area contributed by atoms with E-state index in [1.807, 2.05) is 0 Å². The summed E-state index contributed by atoms with van der Waals surface area (Å²) in [5, 5.41) is 2.97. The third kappa shape index (κ3) is 2.96. The molecule has 0 aliphatic heterocycles. The van der Waals surface area contributed by atoms with E-state index in [2.05, 4.69) is 29.6 Å². The van der Waals surface area contributed by atoms with E-state index in [0.29, 0.717) is 18.0 Å². The van der Waals surface area contributed by atoms with Crippen LogP contribution in [0.4, 0.5) is 0 Å². The number of amides is 1. The number of pyridine rings is 1. The number of aryl methyl sites for hydroxylation is 2. The van der Waals surface area contributed by atoms with Crippen LogP contribution in [0, 0.1) is 0 Å². The van der Waals surface area contributed by atoms with Crippen LogP contribution >= 0.6 is 0 Å². The van der Waals surface area contributed by atoms with E-state index in [-0.39, 0.29) is 11.5 Å². The van der Waals surface area contributed by atoms with Gasteiger partial charge in [-0.25, -0.2) is 0 Å². The van der Waals surface area contributed by atoms with Crippen LogP contribution in [-0.2, 0) is 13.5 Å². The summed E-state index contributed by atoms with van der Waals surface area (Å²) in [6.45, 7) is 0.616. The summed E-state index contributed by atoms with van der Waals surface area (Å²) in [5.74, 6) is 0.182. The highest BCUT2D eigenvalue weighted by Crippen LogP contribution is 2.30. The highest BCUT2D eigenvalue weighted by atomic mass is 16.2. The SMILES string of the molecule is Cn1ccc(C(=O)NCC2CCCc3ccccc32)cc1=O. The molecule has 1 aromatic heterocycles. The second-order valence-electron chi connectivity index (χ2n) is 5.86. The molecular formula is C18H20N2O2. The van der Waals surface area contributed by atoms with Gasteiger partial charge >= 0.3 is 0 Å². The first-order valence-corrected chi connectivity index (χ1v) is 7.68. The van der Waals surface area contributed by atoms with E-state index in [4.69, 9.17) is 0 Å². The molecule has 1 aliphatic carbocycles. The molecule has 0 fully saturated rings. The minimum Gasteiger partial charge on any atom is -0.351 e. The van der Waals surface area contributed by atoms with Crippen molar-refractivity contribution in [1.82, 2.24) is 9.88 Å². The second kappa shape index (κ2) is 6.18. The molecule has 1 N–H and O–H groups in total. The Bertz CT molecular complexity index is 749. The van der Waals surface area contributed by atoms with E-state index in [1.54, 1.807) is 19.3 Å². The van der Waals surface area contributed by atoms with Crippen LogP contribution in [0.2, 0.25) is 0 Å². The maximum atomic E-state index is 12.2. The number of aromatic nitrogens is 1. The minimum absolute atomic E-state index is 0.171. The van der Waals surface area contributed by atoms with E-state index < -0.39 is 0 Å². The lowest BCUT2D eigenvalue weighted by Gasteiger charge is -2.25. The first kappa shape index (κ1) is 14.6. The molecule has 4 nitrogen and oxygen atoms in total. The minimum atomic E-state index is -0.180. The summed E-state index contributed by atoms with van der Waals surface area (Å²) in [5.41, 5.74) is 2.99. The zero-order valence-corrected chi connectivity index (χ0v) is 12.7. The molecule has 2 aromatic rings. The van der Waals surface area contributed by atoms with Gasteiger partial charge < -0.3 is 9.88 Å². The first-order chi connectivity index (χ1) is 10.6. The number of nitrogens with zero attached hydrogens (tertiary/aromatic N) is 1. The van der Waals surface area contributed by atoms with Gasteiger partial charge in [0, 0.05) is 37.3 Å². The maximum absolute atomic E-state index is 12.2. The molecule has 1 aliphatic rings. The Morgan fingerprint density at radius 2 is 2.14 bits per heavy atom. The lowest BCUT2D eigenvalue weighted by atomic mass is 9.83. The quantitative estimate of drug-likeness (QED) is 0.944. The van der Waals surface area contributed by atoms with Gasteiger partial charge in [-0.3, -0.25) is 9.59 Å². The van der Waals surface area contributed by atoms with Crippen molar-refractivity contribution >= 4 is 5.91 Å². The lowest BCUT2D eigenvalue weighted by Crippen LogP contribution is -2.31. The third-order valence-electron chi connectivity index (χ3n) is 4.37. The fraction of sp³-hybridized carbons (Fsp3) is 0.333. The average Bonchev–Trinajstić information content (AvgIpc) is 2.55. The van der Waals surface area contributed by atoms with E-state index in [9.17, 15) is 9.59 Å². The predicted octanol–water partition coefficient (Wildman–Crippen LogP) is 2.24. The van der Waals surface area contributed by atoms with Gasteiger partial charge in [0.05, 0.1) is 0 Å². The van der Waals surface area contributed by atoms with Crippen molar-refractivity contribution in [2.75, 3.05) is 6.54 Å². The average molecular weight is 296 g/mol. The molecule has 0 saturated carbocycles. The first-order valence-electron chi connectivity index (χ1n) is 7.68. The largest absolute Gasteiger partial charge is 0.351 e. The summed E-state index contributed by atoms with van der Waals surface area (Å²) in [6.07, 6.45) is 4.99. The van der Waals surface area contributed by atoms with Crippen LogP contribution in [0.25, 0.3) is 0 Å². The van der Waals surface area contributed by atoms with Crippen LogP contribution in [-0.4, -0.2) is 17.0 Å². The number of fused-ring (bicyclic) bond motifs is 1. The molecule has 1 atom stereocenters. The van der Waals surface area contributed by atoms with Crippen molar-refractivity contribution in [2.45, 2.75) is 25.2 Å². The van der Waals surface area contributed by atoms with Crippen molar-refractivity contribution < 1.29 is 4.79 Å². The van der Waals surface area contributed by atoms with Crippen LogP contribution < -0.4 is 10.9 Å². The molecule has 22 heavy (non-hydrogen) atoms. The van der Waals surface area contributed by atoms with Crippen LogP contribution in [0.15, 0.2) is 47.4 Å². The van der Waals surface area contributed by atoms with Crippen molar-refractivity contribution in [3.05, 3.63) is 69.6 Å². The summed E-state index contributed by atoms with van der Waals surface area (Å²) in [6, 6.07) is 11.5. The van der Waals surface area contributed by atoms with Gasteiger partial charge in [0.2, 0.25) is 0 Å². The van der Waals surface area contributed by atoms with Gasteiger partial charge in [-0.15, -0.1) is 0 Å². The van der Waals surface area contributed by atoms with Gasteiger partial charge in [0.25, 0.3) is 11.5 Å². The van der Waals surface area contributed by atoms with Gasteiger partial charge in [-0.05, 0) is 36.5 Å². The Balaban J connectivity index is 1.69. The van der Waals surface area contributed by atoms with Gasteiger partial charge in [0.15, 0.2) is 0 Å². The summed E-state index contributed by atoms with van der Waals surface area (Å²) in [4.78, 5) is 23.8. The Morgan fingerprint density at radius 1 is 1.32 bits per heavy atom. The van der Waals surface area contributed by atoms with Crippen molar-refractivity contribution in [1.29, 1.82) is 0 Å². The van der Waals surface area contributed by atoms with Crippen molar-refractivity contribution in [3.8, 4) is 0 Å². The maximum Gasteiger partial charge on any atom is 0.251 e. The van der Waals surface area contributed by atoms with Crippen LogP contribution in [0.3, 0.4) is 0 Å². The molecule has 114 valence electrons. The molecular weight excluding hydrogens is 276 g/mol. The van der Waals surface area contributed by atoms with Gasteiger partial charge in [-0.1, -0.05) is 24.3 Å². The zero-order chi connectivity index (χ0) is 15.5. The Hall–Kier alpha value is -2.36. The van der Waals surface area contributed by atoms with Crippen LogP contribution in [0.5, 0.6) is 0 Å². The summed E-state index contributed by atoms with van der Waals surface area (Å²) in [7, 11) is 1.67. The number of nitrogens with one attached hydrogen (secondary N) is 1. The molecule has 0 radical (unpaired) electrons.